The first-order valence-corrected chi connectivity index (χ1v) is 3.65. The minimum absolute atomic E-state index is 0.0421. The monoisotopic (exact) mass is 154 g/mol. The van der Waals surface area contributed by atoms with E-state index in [1.807, 2.05) is 0 Å². The van der Waals surface area contributed by atoms with Crippen LogP contribution >= 0.6 is 0 Å². The van der Waals surface area contributed by atoms with Crippen molar-refractivity contribution >= 4 is 12.0 Å². The Morgan fingerprint density at radius 1 is 1.82 bits per heavy atom. The van der Waals surface area contributed by atoms with Gasteiger partial charge in [-0.1, -0.05) is 0 Å². The van der Waals surface area contributed by atoms with E-state index < -0.39 is 0 Å². The summed E-state index contributed by atoms with van der Waals surface area (Å²) in [6, 6.07) is 0. The Morgan fingerprint density at radius 2 is 2.64 bits per heavy atom. The number of carbonyl (C=O) groups excluding carboxylic acids is 1. The standard InChI is InChI=1S/C7H10N2O2/c8-9-5-6(10)4-7-2-1-3-11-7/h5,7H,1-4H2. The molecule has 4 heteroatoms. The number of ether oxygens (including phenoxy) is 1. The van der Waals surface area contributed by atoms with Gasteiger partial charge in [0.1, 0.15) is 0 Å². The van der Waals surface area contributed by atoms with Gasteiger partial charge in [-0.15, -0.1) is 0 Å². The van der Waals surface area contributed by atoms with Crippen molar-refractivity contribution in [3.05, 3.63) is 5.53 Å². The first-order valence-electron chi connectivity index (χ1n) is 3.65. The minimum Gasteiger partial charge on any atom is -0.378 e. The Hall–Kier alpha value is -0.990. The number of hydrogen-bond donors (Lipinski definition) is 0. The number of Topliss-reactive ketones (excluding diaryl/α,β-unsaturated/α-hetero) is 1. The van der Waals surface area contributed by atoms with Gasteiger partial charge in [-0.05, 0) is 12.8 Å². The summed E-state index contributed by atoms with van der Waals surface area (Å²) < 4.78 is 5.21. The van der Waals surface area contributed by atoms with E-state index >= 15 is 0 Å². The molecule has 1 heterocycles. The number of ketones is 1. The fraction of sp³-hybridized carbons (Fsp3) is 0.714. The van der Waals surface area contributed by atoms with Crippen molar-refractivity contribution < 1.29 is 14.3 Å². The van der Waals surface area contributed by atoms with E-state index in [0.29, 0.717) is 6.42 Å². The van der Waals surface area contributed by atoms with Gasteiger partial charge in [0.2, 0.25) is 5.78 Å². The molecule has 0 amide bonds. The van der Waals surface area contributed by atoms with Gasteiger partial charge in [0, 0.05) is 13.0 Å². The number of rotatable bonds is 3. The minimum atomic E-state index is -0.181. The second-order valence-corrected chi connectivity index (χ2v) is 2.55. The quantitative estimate of drug-likeness (QED) is 0.336. The van der Waals surface area contributed by atoms with Crippen LogP contribution in [0.1, 0.15) is 19.3 Å². The van der Waals surface area contributed by atoms with Gasteiger partial charge in [-0.3, -0.25) is 4.79 Å². The number of carbonyl (C=O) groups is 1. The second-order valence-electron chi connectivity index (χ2n) is 2.55. The first kappa shape index (κ1) is 8.11. The van der Waals surface area contributed by atoms with Crippen LogP contribution in [0.4, 0.5) is 0 Å². The number of nitrogens with zero attached hydrogens (tertiary/aromatic N) is 2. The third-order valence-electron chi connectivity index (χ3n) is 1.65. The molecule has 60 valence electrons. The summed E-state index contributed by atoms with van der Waals surface area (Å²) in [6.45, 7) is 0.744. The molecule has 1 rings (SSSR count). The molecule has 1 unspecified atom stereocenters. The normalized spacial score (nSPS) is 22.7. The SMILES string of the molecule is [N-]=[N+]=CC(=O)CC1CCCO1. The van der Waals surface area contributed by atoms with E-state index in [-0.39, 0.29) is 11.9 Å². The molecule has 1 aliphatic heterocycles. The maximum Gasteiger partial charge on any atom is 0.323 e. The molecule has 0 bridgehead atoms. The predicted octanol–water partition coefficient (Wildman–Crippen LogP) is 0.425. The molecule has 11 heavy (non-hydrogen) atoms. The van der Waals surface area contributed by atoms with Crippen molar-refractivity contribution in [1.82, 2.24) is 0 Å². The van der Waals surface area contributed by atoms with Crippen LogP contribution in [-0.4, -0.2) is 29.5 Å². The fourth-order valence-electron chi connectivity index (χ4n) is 1.15. The summed E-state index contributed by atoms with van der Waals surface area (Å²) in [5.74, 6) is -0.181. The smallest absolute Gasteiger partial charge is 0.323 e. The molecule has 0 radical (unpaired) electrons. The van der Waals surface area contributed by atoms with Crippen LogP contribution in [0.3, 0.4) is 0 Å². The van der Waals surface area contributed by atoms with Gasteiger partial charge < -0.3 is 10.3 Å². The summed E-state index contributed by atoms with van der Waals surface area (Å²) in [5, 5.41) is 0. The van der Waals surface area contributed by atoms with Crippen LogP contribution in [0.2, 0.25) is 0 Å². The van der Waals surface area contributed by atoms with Crippen LogP contribution in [0.15, 0.2) is 0 Å². The maximum atomic E-state index is 10.8. The molecule has 0 saturated carbocycles. The second kappa shape index (κ2) is 4.01. The molecule has 0 aromatic carbocycles. The molecule has 1 aliphatic rings. The van der Waals surface area contributed by atoms with Crippen LogP contribution in [0, 0.1) is 0 Å². The van der Waals surface area contributed by atoms with E-state index in [1.165, 1.54) is 0 Å². The van der Waals surface area contributed by atoms with E-state index in [1.54, 1.807) is 0 Å². The number of hydrogen-bond acceptors (Lipinski definition) is 2. The van der Waals surface area contributed by atoms with Gasteiger partial charge in [-0.25, -0.2) is 0 Å². The predicted molar refractivity (Wildman–Crippen MR) is 38.3 cm³/mol. The summed E-state index contributed by atoms with van der Waals surface area (Å²) in [4.78, 5) is 13.5. The zero-order valence-corrected chi connectivity index (χ0v) is 6.19. The summed E-state index contributed by atoms with van der Waals surface area (Å²) in [5.41, 5.74) is 8.02. The van der Waals surface area contributed by atoms with Crippen molar-refractivity contribution in [3.8, 4) is 0 Å². The average molecular weight is 154 g/mol. The van der Waals surface area contributed by atoms with E-state index in [2.05, 4.69) is 4.79 Å². The molecular formula is C7H10N2O2. The third-order valence-corrected chi connectivity index (χ3v) is 1.65. The summed E-state index contributed by atoms with van der Waals surface area (Å²) in [7, 11) is 0. The molecule has 0 aromatic rings. The molecule has 0 aromatic heterocycles. The lowest BCUT2D eigenvalue weighted by molar-refractivity contribution is -0.118. The van der Waals surface area contributed by atoms with Crippen molar-refractivity contribution in [2.24, 2.45) is 0 Å². The summed E-state index contributed by atoms with van der Waals surface area (Å²) >= 11 is 0. The molecule has 1 fully saturated rings. The molecule has 0 spiro atoms. The highest BCUT2D eigenvalue weighted by Crippen LogP contribution is 2.14. The lowest BCUT2D eigenvalue weighted by atomic mass is 10.1. The topological polar surface area (TPSA) is 62.7 Å². The molecule has 0 aliphatic carbocycles. The Morgan fingerprint density at radius 3 is 3.18 bits per heavy atom. The van der Waals surface area contributed by atoms with Gasteiger partial charge in [0.05, 0.1) is 6.10 Å². The molecule has 1 atom stereocenters. The van der Waals surface area contributed by atoms with Crippen molar-refractivity contribution in [2.75, 3.05) is 6.61 Å². The molecular weight excluding hydrogens is 144 g/mol. The van der Waals surface area contributed by atoms with Gasteiger partial charge in [0.25, 0.3) is 0 Å². The molecule has 1 saturated heterocycles. The zero-order valence-electron chi connectivity index (χ0n) is 6.19. The van der Waals surface area contributed by atoms with E-state index in [9.17, 15) is 4.79 Å². The van der Waals surface area contributed by atoms with Crippen LogP contribution in [0.5, 0.6) is 0 Å². The van der Waals surface area contributed by atoms with Crippen LogP contribution in [-0.2, 0) is 9.53 Å². The van der Waals surface area contributed by atoms with Crippen LogP contribution in [0.25, 0.3) is 5.53 Å². The lowest BCUT2D eigenvalue weighted by Crippen LogP contribution is -2.13. The van der Waals surface area contributed by atoms with Gasteiger partial charge in [-0.2, -0.15) is 4.79 Å². The third kappa shape index (κ3) is 2.62. The van der Waals surface area contributed by atoms with Crippen molar-refractivity contribution in [2.45, 2.75) is 25.4 Å². The Balaban J connectivity index is 2.29. The Kier molecular flexibility index (Phi) is 2.95. The summed E-state index contributed by atoms with van der Waals surface area (Å²) in [6.07, 6.45) is 3.26. The van der Waals surface area contributed by atoms with Gasteiger partial charge in [0.15, 0.2) is 0 Å². The fourth-order valence-corrected chi connectivity index (χ4v) is 1.15. The zero-order chi connectivity index (χ0) is 8.10. The van der Waals surface area contributed by atoms with Crippen LogP contribution < -0.4 is 0 Å². The largest absolute Gasteiger partial charge is 0.378 e. The highest BCUT2D eigenvalue weighted by atomic mass is 16.5. The van der Waals surface area contributed by atoms with Crippen molar-refractivity contribution in [1.29, 1.82) is 0 Å². The average Bonchev–Trinajstić information content (AvgIpc) is 2.40. The molecule has 4 nitrogen and oxygen atoms in total. The Bertz CT molecular complexity index is 191. The Labute approximate surface area is 64.8 Å². The first-order chi connectivity index (χ1) is 5.33. The van der Waals surface area contributed by atoms with Gasteiger partial charge >= 0.3 is 6.21 Å². The maximum absolute atomic E-state index is 10.8. The van der Waals surface area contributed by atoms with E-state index in [0.717, 1.165) is 25.7 Å². The highest BCUT2D eigenvalue weighted by Gasteiger charge is 2.19. The van der Waals surface area contributed by atoms with E-state index in [4.69, 9.17) is 10.3 Å². The van der Waals surface area contributed by atoms with Crippen molar-refractivity contribution in [3.63, 3.8) is 0 Å². The molecule has 0 N–H and O–H groups in total. The highest BCUT2D eigenvalue weighted by molar-refractivity contribution is 6.25. The lowest BCUT2D eigenvalue weighted by Gasteiger charge is -2.02.